The monoisotopic (exact) mass is 255 g/mol. The number of benzene rings is 1. The van der Waals surface area contributed by atoms with Gasteiger partial charge in [0.2, 0.25) is 0 Å². The van der Waals surface area contributed by atoms with Gasteiger partial charge in [0.1, 0.15) is 5.75 Å². The lowest BCUT2D eigenvalue weighted by Gasteiger charge is -2.12. The van der Waals surface area contributed by atoms with Gasteiger partial charge in [-0.2, -0.15) is 0 Å². The summed E-state index contributed by atoms with van der Waals surface area (Å²) in [6.45, 7) is 5.83. The second-order valence-electron chi connectivity index (χ2n) is 4.74. The summed E-state index contributed by atoms with van der Waals surface area (Å²) in [4.78, 5) is 16.7. The van der Waals surface area contributed by atoms with Crippen molar-refractivity contribution in [2.24, 2.45) is 0 Å². The predicted octanol–water partition coefficient (Wildman–Crippen LogP) is 3.25. The van der Waals surface area contributed by atoms with Crippen LogP contribution < -0.4 is 4.74 Å². The number of ether oxygens (including phenoxy) is 1. The Morgan fingerprint density at radius 2 is 1.79 bits per heavy atom. The predicted molar refractivity (Wildman–Crippen MR) is 74.9 cm³/mol. The van der Waals surface area contributed by atoms with Gasteiger partial charge in [0, 0.05) is 18.0 Å². The molecule has 1 aromatic heterocycles. The van der Waals surface area contributed by atoms with Gasteiger partial charge < -0.3 is 4.74 Å². The number of aromatic nitrogens is 1. The van der Waals surface area contributed by atoms with Crippen molar-refractivity contribution in [3.63, 3.8) is 0 Å². The van der Waals surface area contributed by atoms with Crippen LogP contribution in [0.2, 0.25) is 0 Å². The molecule has 98 valence electrons. The highest BCUT2D eigenvalue weighted by Gasteiger charge is 2.18. The van der Waals surface area contributed by atoms with E-state index in [4.69, 9.17) is 4.74 Å². The maximum absolute atomic E-state index is 12.6. The summed E-state index contributed by atoms with van der Waals surface area (Å²) in [6.07, 6.45) is 3.32. The highest BCUT2D eigenvalue weighted by atomic mass is 16.5. The highest BCUT2D eigenvalue weighted by molar-refractivity contribution is 6.11. The number of carbonyl (C=O) groups excluding carboxylic acids is 1. The minimum Gasteiger partial charge on any atom is -0.496 e. The number of aryl methyl sites for hydroxylation is 3. The summed E-state index contributed by atoms with van der Waals surface area (Å²) in [5, 5.41) is 0. The highest BCUT2D eigenvalue weighted by Crippen LogP contribution is 2.26. The third kappa shape index (κ3) is 2.65. The van der Waals surface area contributed by atoms with Crippen molar-refractivity contribution < 1.29 is 9.53 Å². The summed E-state index contributed by atoms with van der Waals surface area (Å²) >= 11 is 0. The molecule has 0 atom stereocenters. The first-order valence-corrected chi connectivity index (χ1v) is 6.14. The lowest BCUT2D eigenvalue weighted by Crippen LogP contribution is -2.07. The largest absolute Gasteiger partial charge is 0.496 e. The molecule has 0 radical (unpaired) electrons. The smallest absolute Gasteiger partial charge is 0.198 e. The molecule has 3 heteroatoms. The molecule has 0 N–H and O–H groups in total. The number of ketones is 1. The summed E-state index contributed by atoms with van der Waals surface area (Å²) in [6, 6.07) is 5.70. The van der Waals surface area contributed by atoms with Crippen LogP contribution in [0.5, 0.6) is 5.75 Å². The van der Waals surface area contributed by atoms with E-state index in [1.807, 2.05) is 39.0 Å². The molecule has 3 nitrogen and oxygen atoms in total. The van der Waals surface area contributed by atoms with E-state index < -0.39 is 0 Å². The van der Waals surface area contributed by atoms with Gasteiger partial charge >= 0.3 is 0 Å². The van der Waals surface area contributed by atoms with Crippen molar-refractivity contribution in [1.82, 2.24) is 4.98 Å². The van der Waals surface area contributed by atoms with Gasteiger partial charge in [-0.05, 0) is 49.6 Å². The summed E-state index contributed by atoms with van der Waals surface area (Å²) < 4.78 is 5.34. The molecular weight excluding hydrogens is 238 g/mol. The fourth-order valence-electron chi connectivity index (χ4n) is 2.20. The average Bonchev–Trinajstić information content (AvgIpc) is 2.37. The lowest BCUT2D eigenvalue weighted by atomic mass is 9.97. The maximum Gasteiger partial charge on any atom is 0.198 e. The molecule has 19 heavy (non-hydrogen) atoms. The number of carbonyl (C=O) groups is 1. The van der Waals surface area contributed by atoms with Crippen molar-refractivity contribution in [2.45, 2.75) is 20.8 Å². The first-order valence-electron chi connectivity index (χ1n) is 6.14. The van der Waals surface area contributed by atoms with Crippen LogP contribution in [-0.2, 0) is 0 Å². The van der Waals surface area contributed by atoms with Gasteiger partial charge in [0.15, 0.2) is 5.78 Å². The fraction of sp³-hybridized carbons (Fsp3) is 0.250. The van der Waals surface area contributed by atoms with Crippen LogP contribution in [0.25, 0.3) is 0 Å². The Hall–Kier alpha value is -2.16. The van der Waals surface area contributed by atoms with E-state index in [2.05, 4.69) is 4.98 Å². The molecular formula is C16H17NO2. The molecule has 0 aliphatic heterocycles. The Bertz CT molecular complexity index is 633. The summed E-state index contributed by atoms with van der Waals surface area (Å²) in [5.41, 5.74) is 4.16. The van der Waals surface area contributed by atoms with E-state index in [-0.39, 0.29) is 5.78 Å². The van der Waals surface area contributed by atoms with E-state index >= 15 is 0 Å². The minimum atomic E-state index is -0.0504. The van der Waals surface area contributed by atoms with E-state index in [0.29, 0.717) is 16.9 Å². The molecule has 0 amide bonds. The zero-order valence-electron chi connectivity index (χ0n) is 11.7. The van der Waals surface area contributed by atoms with Gasteiger partial charge in [-0.3, -0.25) is 9.78 Å². The zero-order valence-corrected chi connectivity index (χ0v) is 11.7. The molecule has 0 unspecified atom stereocenters. The quantitative estimate of drug-likeness (QED) is 0.790. The van der Waals surface area contributed by atoms with E-state index in [1.54, 1.807) is 19.5 Å². The molecule has 0 saturated carbocycles. The number of rotatable bonds is 3. The third-order valence-corrected chi connectivity index (χ3v) is 3.03. The lowest BCUT2D eigenvalue weighted by molar-refractivity contribution is 0.103. The SMILES string of the molecule is COc1cc(C)cc(C)c1C(=O)c1cncc(C)c1. The van der Waals surface area contributed by atoms with Gasteiger partial charge in [-0.15, -0.1) is 0 Å². The standard InChI is InChI=1S/C16H17NO2/c1-10-5-12(3)15(14(7-10)19-4)16(18)13-6-11(2)8-17-9-13/h5-9H,1-4H3. The molecule has 0 aliphatic rings. The van der Waals surface area contributed by atoms with Gasteiger partial charge in [-0.1, -0.05) is 6.07 Å². The fourth-order valence-corrected chi connectivity index (χ4v) is 2.20. The van der Waals surface area contributed by atoms with Crippen LogP contribution in [0.15, 0.2) is 30.6 Å². The Balaban J connectivity index is 2.56. The average molecular weight is 255 g/mol. The summed E-state index contributed by atoms with van der Waals surface area (Å²) in [7, 11) is 1.58. The van der Waals surface area contributed by atoms with Crippen molar-refractivity contribution in [3.8, 4) is 5.75 Å². The number of nitrogens with zero attached hydrogens (tertiary/aromatic N) is 1. The molecule has 0 saturated heterocycles. The second-order valence-corrected chi connectivity index (χ2v) is 4.74. The van der Waals surface area contributed by atoms with Crippen LogP contribution in [0.1, 0.15) is 32.6 Å². The summed E-state index contributed by atoms with van der Waals surface area (Å²) in [5.74, 6) is 0.564. The molecule has 1 heterocycles. The van der Waals surface area contributed by atoms with Crippen LogP contribution in [0.4, 0.5) is 0 Å². The third-order valence-electron chi connectivity index (χ3n) is 3.03. The number of hydrogen-bond acceptors (Lipinski definition) is 3. The number of pyridine rings is 1. The van der Waals surface area contributed by atoms with Crippen molar-refractivity contribution in [2.75, 3.05) is 7.11 Å². The van der Waals surface area contributed by atoms with E-state index in [0.717, 1.165) is 16.7 Å². The normalized spacial score (nSPS) is 10.3. The Kier molecular flexibility index (Phi) is 3.65. The van der Waals surface area contributed by atoms with Crippen LogP contribution in [0, 0.1) is 20.8 Å². The Morgan fingerprint density at radius 3 is 2.42 bits per heavy atom. The van der Waals surface area contributed by atoms with Gasteiger partial charge in [-0.25, -0.2) is 0 Å². The van der Waals surface area contributed by atoms with E-state index in [9.17, 15) is 4.79 Å². The molecule has 0 bridgehead atoms. The molecule has 0 aliphatic carbocycles. The number of hydrogen-bond donors (Lipinski definition) is 0. The molecule has 1 aromatic carbocycles. The zero-order chi connectivity index (χ0) is 14.0. The Morgan fingerprint density at radius 1 is 1.05 bits per heavy atom. The number of methoxy groups -OCH3 is 1. The molecule has 0 spiro atoms. The Labute approximate surface area is 113 Å². The van der Waals surface area contributed by atoms with Gasteiger partial charge in [0.05, 0.1) is 12.7 Å². The van der Waals surface area contributed by atoms with E-state index in [1.165, 1.54) is 0 Å². The van der Waals surface area contributed by atoms with Crippen LogP contribution >= 0.6 is 0 Å². The van der Waals surface area contributed by atoms with Gasteiger partial charge in [0.25, 0.3) is 0 Å². The van der Waals surface area contributed by atoms with Crippen LogP contribution in [0.3, 0.4) is 0 Å². The second kappa shape index (κ2) is 5.22. The molecule has 2 rings (SSSR count). The first kappa shape index (κ1) is 13.3. The minimum absolute atomic E-state index is 0.0504. The van der Waals surface area contributed by atoms with Crippen molar-refractivity contribution >= 4 is 5.78 Å². The maximum atomic E-state index is 12.6. The first-order chi connectivity index (χ1) is 9.02. The molecule has 2 aromatic rings. The topological polar surface area (TPSA) is 39.2 Å². The molecule has 0 fully saturated rings. The van der Waals surface area contributed by atoms with Crippen molar-refractivity contribution in [3.05, 3.63) is 58.4 Å². The van der Waals surface area contributed by atoms with Crippen molar-refractivity contribution in [1.29, 1.82) is 0 Å². The van der Waals surface area contributed by atoms with Crippen LogP contribution in [-0.4, -0.2) is 17.9 Å².